The Morgan fingerprint density at radius 3 is 2.41 bits per heavy atom. The van der Waals surface area contributed by atoms with Crippen molar-refractivity contribution in [2.24, 2.45) is 0 Å². The van der Waals surface area contributed by atoms with Gasteiger partial charge in [-0.1, -0.05) is 29.8 Å². The number of thiophene rings is 1. The molecule has 0 aliphatic rings. The SMILES string of the molecule is CCN(C(=O)CS(=O)(=O)Cc1ccc(Cl)s1)c1ccccc1. The Morgan fingerprint density at radius 2 is 1.86 bits per heavy atom. The molecule has 2 rings (SSSR count). The van der Waals surface area contributed by atoms with E-state index in [1.54, 1.807) is 24.3 Å². The fraction of sp³-hybridized carbons (Fsp3) is 0.267. The van der Waals surface area contributed by atoms with Crippen molar-refractivity contribution < 1.29 is 13.2 Å². The monoisotopic (exact) mass is 357 g/mol. The van der Waals surface area contributed by atoms with Gasteiger partial charge in [0.05, 0.1) is 10.1 Å². The predicted octanol–water partition coefficient (Wildman–Crippen LogP) is 3.37. The summed E-state index contributed by atoms with van der Waals surface area (Å²) in [5.74, 6) is -1.09. The summed E-state index contributed by atoms with van der Waals surface area (Å²) < 4.78 is 24.9. The van der Waals surface area contributed by atoms with Crippen molar-refractivity contribution in [2.75, 3.05) is 17.2 Å². The summed E-state index contributed by atoms with van der Waals surface area (Å²) in [6.07, 6.45) is 0. The highest BCUT2D eigenvalue weighted by molar-refractivity contribution is 7.91. The molecule has 0 saturated carbocycles. The lowest BCUT2D eigenvalue weighted by molar-refractivity contribution is -0.116. The minimum atomic E-state index is -3.52. The summed E-state index contributed by atoms with van der Waals surface area (Å²) in [6, 6.07) is 12.4. The first-order valence-electron chi connectivity index (χ1n) is 6.71. The van der Waals surface area contributed by atoms with Crippen LogP contribution in [0.3, 0.4) is 0 Å². The molecule has 0 radical (unpaired) electrons. The van der Waals surface area contributed by atoms with Gasteiger partial charge in [-0.2, -0.15) is 0 Å². The van der Waals surface area contributed by atoms with Gasteiger partial charge in [-0.3, -0.25) is 4.79 Å². The fourth-order valence-corrected chi connectivity index (χ4v) is 4.90. The summed E-state index contributed by atoms with van der Waals surface area (Å²) in [5.41, 5.74) is 0.698. The number of rotatable bonds is 6. The highest BCUT2D eigenvalue weighted by Gasteiger charge is 2.23. The summed E-state index contributed by atoms with van der Waals surface area (Å²) in [4.78, 5) is 14.4. The van der Waals surface area contributed by atoms with Crippen LogP contribution in [-0.2, 0) is 20.4 Å². The molecule has 0 N–H and O–H groups in total. The van der Waals surface area contributed by atoms with E-state index in [4.69, 9.17) is 11.6 Å². The maximum absolute atomic E-state index is 12.3. The second-order valence-corrected chi connectivity index (χ2v) is 8.58. The average molecular weight is 358 g/mol. The molecule has 0 saturated heterocycles. The Balaban J connectivity index is 2.09. The Hall–Kier alpha value is -1.37. The molecule has 118 valence electrons. The van der Waals surface area contributed by atoms with Crippen molar-refractivity contribution in [3.05, 3.63) is 51.7 Å². The van der Waals surface area contributed by atoms with Crippen molar-refractivity contribution in [3.8, 4) is 0 Å². The van der Waals surface area contributed by atoms with E-state index in [0.29, 0.717) is 21.4 Å². The zero-order valence-electron chi connectivity index (χ0n) is 12.0. The first-order chi connectivity index (χ1) is 10.4. The van der Waals surface area contributed by atoms with E-state index in [-0.39, 0.29) is 5.75 Å². The Labute approximate surface area is 139 Å². The highest BCUT2D eigenvalue weighted by Crippen LogP contribution is 2.23. The first-order valence-corrected chi connectivity index (χ1v) is 9.73. The van der Waals surface area contributed by atoms with Crippen molar-refractivity contribution in [1.29, 1.82) is 0 Å². The van der Waals surface area contributed by atoms with Crippen LogP contribution in [0.2, 0.25) is 4.34 Å². The largest absolute Gasteiger partial charge is 0.312 e. The number of benzene rings is 1. The lowest BCUT2D eigenvalue weighted by Gasteiger charge is -2.20. The number of anilines is 1. The van der Waals surface area contributed by atoms with Crippen LogP contribution >= 0.6 is 22.9 Å². The number of carbonyl (C=O) groups is 1. The van der Waals surface area contributed by atoms with Crippen molar-refractivity contribution in [2.45, 2.75) is 12.7 Å². The first kappa shape index (κ1) is 17.0. The second kappa shape index (κ2) is 7.26. The Morgan fingerprint density at radius 1 is 1.18 bits per heavy atom. The molecule has 0 bridgehead atoms. The number of carbonyl (C=O) groups excluding carboxylic acids is 1. The molecular weight excluding hydrogens is 342 g/mol. The van der Waals surface area contributed by atoms with E-state index >= 15 is 0 Å². The molecule has 4 nitrogen and oxygen atoms in total. The Kier molecular flexibility index (Phi) is 5.61. The fourth-order valence-electron chi connectivity index (χ4n) is 2.07. The summed E-state index contributed by atoms with van der Waals surface area (Å²) in [5, 5.41) is 0. The van der Waals surface area contributed by atoms with Gasteiger partial charge in [-0.15, -0.1) is 11.3 Å². The maximum atomic E-state index is 12.3. The van der Waals surface area contributed by atoms with Crippen LogP contribution in [0.4, 0.5) is 5.69 Å². The minimum Gasteiger partial charge on any atom is -0.312 e. The van der Waals surface area contributed by atoms with Crippen LogP contribution in [0.15, 0.2) is 42.5 Å². The van der Waals surface area contributed by atoms with Gasteiger partial charge in [-0.25, -0.2) is 8.42 Å². The third kappa shape index (κ3) is 4.56. The minimum absolute atomic E-state index is 0.164. The van der Waals surface area contributed by atoms with Crippen LogP contribution in [0.5, 0.6) is 0 Å². The molecule has 1 aromatic carbocycles. The summed E-state index contributed by atoms with van der Waals surface area (Å²) >= 11 is 7.01. The molecule has 2 aromatic rings. The maximum Gasteiger partial charge on any atom is 0.242 e. The lowest BCUT2D eigenvalue weighted by atomic mass is 10.3. The van der Waals surface area contributed by atoms with E-state index in [2.05, 4.69) is 0 Å². The molecule has 0 fully saturated rings. The van der Waals surface area contributed by atoms with Gasteiger partial charge in [-0.05, 0) is 31.2 Å². The van der Waals surface area contributed by atoms with Crippen LogP contribution in [0.1, 0.15) is 11.8 Å². The highest BCUT2D eigenvalue weighted by atomic mass is 35.5. The van der Waals surface area contributed by atoms with Crippen LogP contribution in [-0.4, -0.2) is 26.6 Å². The van der Waals surface area contributed by atoms with Crippen LogP contribution in [0, 0.1) is 0 Å². The molecule has 0 unspecified atom stereocenters. The standard InChI is InChI=1S/C15H16ClNO3S2/c1-2-17(12-6-4-3-5-7-12)15(18)11-22(19,20)10-13-8-9-14(16)21-13/h3-9H,2,10-11H2,1H3. The lowest BCUT2D eigenvalue weighted by Crippen LogP contribution is -2.35. The number of amides is 1. The zero-order chi connectivity index (χ0) is 16.2. The van der Waals surface area contributed by atoms with Gasteiger partial charge in [0.1, 0.15) is 5.75 Å². The molecule has 7 heteroatoms. The van der Waals surface area contributed by atoms with E-state index in [9.17, 15) is 13.2 Å². The molecule has 1 amide bonds. The molecule has 22 heavy (non-hydrogen) atoms. The van der Waals surface area contributed by atoms with Crippen molar-refractivity contribution >= 4 is 44.4 Å². The second-order valence-electron chi connectivity index (χ2n) is 4.71. The number of para-hydroxylation sites is 1. The average Bonchev–Trinajstić information content (AvgIpc) is 2.84. The molecule has 0 aliphatic carbocycles. The number of hydrogen-bond acceptors (Lipinski definition) is 4. The van der Waals surface area contributed by atoms with E-state index in [1.165, 1.54) is 16.2 Å². The van der Waals surface area contributed by atoms with Gasteiger partial charge in [0.15, 0.2) is 9.84 Å². The van der Waals surface area contributed by atoms with Gasteiger partial charge < -0.3 is 4.90 Å². The topological polar surface area (TPSA) is 54.5 Å². The number of sulfone groups is 1. The van der Waals surface area contributed by atoms with E-state index in [1.807, 2.05) is 25.1 Å². The number of hydrogen-bond donors (Lipinski definition) is 0. The molecule has 1 aromatic heterocycles. The normalized spacial score (nSPS) is 11.4. The van der Waals surface area contributed by atoms with Gasteiger partial charge in [0, 0.05) is 17.1 Å². The summed E-state index contributed by atoms with van der Waals surface area (Å²) in [7, 11) is -3.52. The molecule has 0 aliphatic heterocycles. The van der Waals surface area contributed by atoms with Gasteiger partial charge >= 0.3 is 0 Å². The van der Waals surface area contributed by atoms with E-state index in [0.717, 1.165) is 0 Å². The third-order valence-corrected chi connectivity index (χ3v) is 5.87. The quantitative estimate of drug-likeness (QED) is 0.796. The molecule has 0 atom stereocenters. The smallest absolute Gasteiger partial charge is 0.242 e. The van der Waals surface area contributed by atoms with Gasteiger partial charge in [0.25, 0.3) is 0 Å². The number of halogens is 1. The van der Waals surface area contributed by atoms with E-state index < -0.39 is 21.5 Å². The number of nitrogens with zero attached hydrogens (tertiary/aromatic N) is 1. The van der Waals surface area contributed by atoms with Gasteiger partial charge in [0.2, 0.25) is 5.91 Å². The predicted molar refractivity (Wildman–Crippen MR) is 91.3 cm³/mol. The van der Waals surface area contributed by atoms with Crippen LogP contribution in [0.25, 0.3) is 0 Å². The summed E-state index contributed by atoms with van der Waals surface area (Å²) in [6.45, 7) is 2.24. The van der Waals surface area contributed by atoms with Crippen molar-refractivity contribution in [1.82, 2.24) is 0 Å². The molecular formula is C15H16ClNO3S2. The Bertz CT molecular complexity index is 741. The van der Waals surface area contributed by atoms with Crippen LogP contribution < -0.4 is 4.90 Å². The van der Waals surface area contributed by atoms with Crippen molar-refractivity contribution in [3.63, 3.8) is 0 Å². The zero-order valence-corrected chi connectivity index (χ0v) is 14.4. The third-order valence-electron chi connectivity index (χ3n) is 3.02. The molecule has 1 heterocycles. The molecule has 0 spiro atoms.